The third-order valence-electron chi connectivity index (χ3n) is 11.5. The monoisotopic (exact) mass is 964 g/mol. The van der Waals surface area contributed by atoms with Crippen LogP contribution in [-0.4, -0.2) is 122 Å². The number of nitrogens with zero attached hydrogens (tertiary/aromatic N) is 6. The third-order valence-corrected chi connectivity index (χ3v) is 13.9. The van der Waals surface area contributed by atoms with E-state index in [0.717, 1.165) is 67.2 Å². The zero-order chi connectivity index (χ0) is 47.2. The average Bonchev–Trinajstić information content (AvgIpc) is 3.75. The van der Waals surface area contributed by atoms with E-state index in [1.54, 1.807) is 55.8 Å². The van der Waals surface area contributed by atoms with Crippen molar-refractivity contribution in [3.63, 3.8) is 0 Å². The number of aliphatic carboxylic acids is 1. The van der Waals surface area contributed by atoms with Crippen LogP contribution < -0.4 is 23.7 Å². The number of piperazine rings is 1. The lowest BCUT2D eigenvalue weighted by molar-refractivity contribution is -0.145. The van der Waals surface area contributed by atoms with Crippen LogP contribution in [0, 0.1) is 6.92 Å². The molecular formula is C49H49ClN6O9S2. The van der Waals surface area contributed by atoms with Crippen LogP contribution in [0.1, 0.15) is 16.8 Å². The number of aromatic nitrogens is 4. The normalized spacial score (nSPS) is 13.9. The van der Waals surface area contributed by atoms with Crippen molar-refractivity contribution in [2.24, 2.45) is 0 Å². The first kappa shape index (κ1) is 47.1. The van der Waals surface area contributed by atoms with Crippen LogP contribution in [0.3, 0.4) is 0 Å². The summed E-state index contributed by atoms with van der Waals surface area (Å²) in [4.78, 5) is 31.7. The van der Waals surface area contributed by atoms with Crippen molar-refractivity contribution in [2.75, 3.05) is 66.9 Å². The number of hydrogen-bond donors (Lipinski definition) is 1. The first-order valence-electron chi connectivity index (χ1n) is 21.4. The van der Waals surface area contributed by atoms with Gasteiger partial charge in [0, 0.05) is 68.9 Å². The largest absolute Gasteiger partial charge is 0.497 e. The first-order chi connectivity index (χ1) is 32.3. The van der Waals surface area contributed by atoms with Gasteiger partial charge < -0.3 is 33.7 Å². The Balaban J connectivity index is 1.09. The number of halogens is 1. The number of methoxy groups -OCH3 is 2. The fourth-order valence-corrected chi connectivity index (χ4v) is 9.73. The van der Waals surface area contributed by atoms with E-state index in [1.807, 2.05) is 43.3 Å². The number of likely N-dealkylation sites (N-methyl/N-ethyl adjacent to an activating group) is 1. The summed E-state index contributed by atoms with van der Waals surface area (Å²) in [6.45, 7) is 7.12. The number of pyridine rings is 1. The van der Waals surface area contributed by atoms with Crippen molar-refractivity contribution in [1.82, 2.24) is 29.1 Å². The molecule has 0 radical (unpaired) electrons. The average molecular weight is 966 g/mol. The van der Waals surface area contributed by atoms with Gasteiger partial charge >= 0.3 is 5.97 Å². The highest BCUT2D eigenvalue weighted by molar-refractivity contribution is 7.90. The van der Waals surface area contributed by atoms with Crippen molar-refractivity contribution < 1.29 is 42.0 Å². The van der Waals surface area contributed by atoms with E-state index in [1.165, 1.54) is 19.4 Å². The zero-order valence-electron chi connectivity index (χ0n) is 37.6. The predicted molar refractivity (Wildman–Crippen MR) is 258 cm³/mol. The number of hydrogen-bond acceptors (Lipinski definition) is 15. The lowest BCUT2D eigenvalue weighted by Crippen LogP contribution is -2.45. The Bertz CT molecular complexity index is 3030. The summed E-state index contributed by atoms with van der Waals surface area (Å²) in [7, 11) is 1.51. The molecule has 1 saturated heterocycles. The third kappa shape index (κ3) is 10.6. The van der Waals surface area contributed by atoms with Gasteiger partial charge in [-0.3, -0.25) is 9.88 Å². The summed E-state index contributed by atoms with van der Waals surface area (Å²) in [6, 6.07) is 24.7. The van der Waals surface area contributed by atoms with E-state index in [4.69, 9.17) is 40.3 Å². The van der Waals surface area contributed by atoms with Gasteiger partial charge in [-0.25, -0.2) is 23.2 Å². The Morgan fingerprint density at radius 2 is 1.67 bits per heavy atom. The number of ether oxygens (including phenoxy) is 5. The highest BCUT2D eigenvalue weighted by Gasteiger charge is 2.29. The Morgan fingerprint density at radius 3 is 2.43 bits per heavy atom. The van der Waals surface area contributed by atoms with Crippen molar-refractivity contribution >= 4 is 49.0 Å². The molecule has 3 aromatic heterocycles. The SMILES string of the molecule is COc1cccc(-c2ncc3snc(OC(Cc4ccccc4OCc4ccnc(-c5c(OC)cccc5S(C)(=O)=O)n4)C(=O)O)c3c2-c2ccc(OCCN3CCN(C)CC3)c(Cl)c2C)c1. The summed E-state index contributed by atoms with van der Waals surface area (Å²) in [5.41, 5.74) is 4.72. The summed E-state index contributed by atoms with van der Waals surface area (Å²) >= 11 is 8.26. The number of sulfone groups is 1. The molecule has 1 unspecified atom stereocenters. The van der Waals surface area contributed by atoms with E-state index in [2.05, 4.69) is 31.2 Å². The number of para-hydroxylation sites is 1. The molecule has 15 nitrogen and oxygen atoms in total. The lowest BCUT2D eigenvalue weighted by atomic mass is 9.93. The van der Waals surface area contributed by atoms with Gasteiger partial charge in [0.2, 0.25) is 12.0 Å². The lowest BCUT2D eigenvalue weighted by Gasteiger charge is -2.32. The smallest absolute Gasteiger partial charge is 0.345 e. The minimum Gasteiger partial charge on any atom is -0.497 e. The fraction of sp³-hybridized carbons (Fsp3) is 0.286. The van der Waals surface area contributed by atoms with Gasteiger partial charge in [-0.1, -0.05) is 54.1 Å². The Kier molecular flexibility index (Phi) is 14.5. The molecule has 67 heavy (non-hydrogen) atoms. The van der Waals surface area contributed by atoms with Gasteiger partial charge in [0.05, 0.1) is 51.2 Å². The van der Waals surface area contributed by atoms with Gasteiger partial charge in [0.1, 0.15) is 36.2 Å². The first-order valence-corrected chi connectivity index (χ1v) is 24.4. The maximum absolute atomic E-state index is 13.1. The van der Waals surface area contributed by atoms with Gasteiger partial charge in [-0.15, -0.1) is 0 Å². The van der Waals surface area contributed by atoms with Crippen LogP contribution in [0.5, 0.6) is 28.9 Å². The predicted octanol–water partition coefficient (Wildman–Crippen LogP) is 8.14. The molecule has 348 valence electrons. The Hall–Kier alpha value is -6.37. The molecule has 0 saturated carbocycles. The molecule has 8 rings (SSSR count). The molecule has 4 aromatic carbocycles. The summed E-state index contributed by atoms with van der Waals surface area (Å²) < 4.78 is 60.8. The second kappa shape index (κ2) is 20.7. The van der Waals surface area contributed by atoms with Crippen LogP contribution >= 0.6 is 23.1 Å². The highest BCUT2D eigenvalue weighted by atomic mass is 35.5. The van der Waals surface area contributed by atoms with Crippen LogP contribution in [-0.2, 0) is 27.7 Å². The van der Waals surface area contributed by atoms with Crippen molar-refractivity contribution in [3.05, 3.63) is 119 Å². The van der Waals surface area contributed by atoms with Crippen LogP contribution in [0.4, 0.5) is 0 Å². The molecule has 0 bridgehead atoms. The molecule has 18 heteroatoms. The maximum atomic E-state index is 13.1. The molecule has 0 aliphatic carbocycles. The summed E-state index contributed by atoms with van der Waals surface area (Å²) in [6.07, 6.45) is 2.83. The molecule has 4 heterocycles. The molecule has 0 amide bonds. The van der Waals surface area contributed by atoms with E-state index in [0.29, 0.717) is 67.2 Å². The van der Waals surface area contributed by atoms with E-state index < -0.39 is 21.9 Å². The molecule has 7 aromatic rings. The molecule has 1 aliphatic heterocycles. The molecule has 1 aliphatic rings. The maximum Gasteiger partial charge on any atom is 0.345 e. The number of carbonyl (C=O) groups is 1. The van der Waals surface area contributed by atoms with Crippen LogP contribution in [0.25, 0.3) is 43.9 Å². The van der Waals surface area contributed by atoms with Crippen molar-refractivity contribution in [2.45, 2.75) is 31.0 Å². The highest BCUT2D eigenvalue weighted by Crippen LogP contribution is 2.46. The minimum absolute atomic E-state index is 0.0248. The number of benzene rings is 4. The second-order valence-electron chi connectivity index (χ2n) is 16.0. The van der Waals surface area contributed by atoms with E-state index >= 15 is 0 Å². The second-order valence-corrected chi connectivity index (χ2v) is 19.2. The van der Waals surface area contributed by atoms with Crippen molar-refractivity contribution in [1.29, 1.82) is 0 Å². The molecule has 1 fully saturated rings. The van der Waals surface area contributed by atoms with Crippen molar-refractivity contribution in [3.8, 4) is 62.7 Å². The Labute approximate surface area is 397 Å². The van der Waals surface area contributed by atoms with E-state index in [9.17, 15) is 18.3 Å². The topological polar surface area (TPSA) is 176 Å². The Morgan fingerprint density at radius 1 is 0.896 bits per heavy atom. The molecular weight excluding hydrogens is 916 g/mol. The van der Waals surface area contributed by atoms with Gasteiger partial charge in [0.25, 0.3) is 0 Å². The number of carboxylic acids is 1. The fourth-order valence-electron chi connectivity index (χ4n) is 7.93. The number of rotatable bonds is 18. The molecule has 1 atom stereocenters. The van der Waals surface area contributed by atoms with Gasteiger partial charge in [0.15, 0.2) is 15.7 Å². The van der Waals surface area contributed by atoms with Gasteiger partial charge in [-0.05, 0) is 84.7 Å². The van der Waals surface area contributed by atoms with Crippen LogP contribution in [0.15, 0.2) is 102 Å². The summed E-state index contributed by atoms with van der Waals surface area (Å²) in [5.74, 6) is 0.941. The van der Waals surface area contributed by atoms with E-state index in [-0.39, 0.29) is 35.2 Å². The van der Waals surface area contributed by atoms with Gasteiger partial charge in [-0.2, -0.15) is 4.37 Å². The minimum atomic E-state index is -3.66. The molecule has 1 N–H and O–H groups in total. The zero-order valence-corrected chi connectivity index (χ0v) is 40.0. The molecule has 0 spiro atoms. The summed E-state index contributed by atoms with van der Waals surface area (Å²) in [5, 5.41) is 11.7. The standard InChI is InChI=1S/C49H49ClN6O9S2/c1-30-35(16-17-38(45(30)50)63-25-24-56-22-20-55(2)21-23-56)42-44-40(28-52-46(42)32-11-8-12-34(26-32)61-3)66-54-48(44)65-39(49(57)58)27-31-10-6-7-13-36(31)64-29-33-18-19-51-47(53-33)43-37(62-4)14-9-15-41(43)67(5,59)60/h6-19,26,28,39H,20-25,27,29H2,1-5H3,(H,57,58). The van der Waals surface area contributed by atoms with Crippen LogP contribution in [0.2, 0.25) is 5.02 Å². The number of fused-ring (bicyclic) bond motifs is 1. The quantitative estimate of drug-likeness (QED) is 0.0872. The number of carboxylic acid groups (broad SMARTS) is 1.